The maximum atomic E-state index is 5.87. The number of nitrogens with two attached hydrogens (primary N) is 1. The Labute approximate surface area is 111 Å². The molecule has 1 heterocycles. The number of benzene rings is 1. The molecule has 1 aliphatic rings. The van der Waals surface area contributed by atoms with Crippen molar-refractivity contribution in [2.75, 3.05) is 12.8 Å². The summed E-state index contributed by atoms with van der Waals surface area (Å²) in [5.74, 6) is 1.82. The number of aromatic nitrogens is 2. The highest BCUT2D eigenvalue weighted by Crippen LogP contribution is 2.35. The zero-order valence-electron chi connectivity index (χ0n) is 10.7. The van der Waals surface area contributed by atoms with Crippen LogP contribution in [0.4, 0.5) is 5.69 Å². The lowest BCUT2D eigenvalue weighted by atomic mass is 10.2. The summed E-state index contributed by atoms with van der Waals surface area (Å²) in [4.78, 5) is 8.50. The number of methoxy groups -OCH3 is 1. The van der Waals surface area contributed by atoms with Crippen molar-refractivity contribution in [3.8, 4) is 17.4 Å². The standard InChI is InChI=1S/C14H15N3O2/c1-18-12-6-5-9(15)7-13(12)19-14-10-3-2-4-11(10)16-8-17-14/h5-8H,2-4,15H2,1H3. The van der Waals surface area contributed by atoms with Gasteiger partial charge in [-0.2, -0.15) is 0 Å². The second-order valence-corrected chi connectivity index (χ2v) is 4.47. The fourth-order valence-electron chi connectivity index (χ4n) is 2.29. The molecular weight excluding hydrogens is 242 g/mol. The van der Waals surface area contributed by atoms with E-state index < -0.39 is 0 Å². The van der Waals surface area contributed by atoms with Crippen LogP contribution in [0.2, 0.25) is 0 Å². The number of nitrogens with zero attached hydrogens (tertiary/aromatic N) is 2. The third-order valence-corrected chi connectivity index (χ3v) is 3.23. The third kappa shape index (κ3) is 2.19. The highest BCUT2D eigenvalue weighted by molar-refractivity contribution is 5.53. The first-order valence-electron chi connectivity index (χ1n) is 6.22. The van der Waals surface area contributed by atoms with Crippen molar-refractivity contribution in [1.82, 2.24) is 9.97 Å². The first-order chi connectivity index (χ1) is 9.28. The quantitative estimate of drug-likeness (QED) is 0.855. The number of nitrogen functional groups attached to an aromatic ring is 1. The third-order valence-electron chi connectivity index (χ3n) is 3.23. The SMILES string of the molecule is COc1ccc(N)cc1Oc1ncnc2c1CCC2. The first kappa shape index (κ1) is 11.8. The van der Waals surface area contributed by atoms with Gasteiger partial charge in [-0.15, -0.1) is 0 Å². The molecule has 2 N–H and O–H groups in total. The van der Waals surface area contributed by atoms with E-state index in [4.69, 9.17) is 15.2 Å². The van der Waals surface area contributed by atoms with Crippen molar-refractivity contribution in [3.05, 3.63) is 35.8 Å². The van der Waals surface area contributed by atoms with E-state index >= 15 is 0 Å². The van der Waals surface area contributed by atoms with Gasteiger partial charge in [-0.25, -0.2) is 9.97 Å². The molecule has 0 unspecified atom stereocenters. The largest absolute Gasteiger partial charge is 0.493 e. The number of hydrogen-bond donors (Lipinski definition) is 1. The van der Waals surface area contributed by atoms with Crippen LogP contribution < -0.4 is 15.2 Å². The van der Waals surface area contributed by atoms with E-state index in [-0.39, 0.29) is 0 Å². The molecule has 2 aromatic rings. The van der Waals surface area contributed by atoms with E-state index in [0.29, 0.717) is 23.1 Å². The van der Waals surface area contributed by atoms with E-state index in [1.54, 1.807) is 25.3 Å². The molecule has 0 radical (unpaired) electrons. The zero-order chi connectivity index (χ0) is 13.2. The number of hydrogen-bond acceptors (Lipinski definition) is 5. The molecule has 0 aliphatic heterocycles. The molecule has 1 aliphatic carbocycles. The molecule has 0 amide bonds. The predicted molar refractivity (Wildman–Crippen MR) is 71.5 cm³/mol. The van der Waals surface area contributed by atoms with Gasteiger partial charge in [0.1, 0.15) is 6.33 Å². The van der Waals surface area contributed by atoms with Crippen LogP contribution in [0.5, 0.6) is 17.4 Å². The fourth-order valence-corrected chi connectivity index (χ4v) is 2.29. The van der Waals surface area contributed by atoms with E-state index in [9.17, 15) is 0 Å². The molecule has 0 bridgehead atoms. The second kappa shape index (κ2) is 4.76. The summed E-state index contributed by atoms with van der Waals surface area (Å²) in [6, 6.07) is 5.30. The summed E-state index contributed by atoms with van der Waals surface area (Å²) < 4.78 is 11.1. The van der Waals surface area contributed by atoms with Gasteiger partial charge in [0.05, 0.1) is 12.8 Å². The van der Waals surface area contributed by atoms with Crippen molar-refractivity contribution in [1.29, 1.82) is 0 Å². The molecule has 0 atom stereocenters. The van der Waals surface area contributed by atoms with Gasteiger partial charge in [0, 0.05) is 17.3 Å². The molecule has 0 fully saturated rings. The van der Waals surface area contributed by atoms with Crippen molar-refractivity contribution in [3.63, 3.8) is 0 Å². The fraction of sp³-hybridized carbons (Fsp3) is 0.286. The average molecular weight is 257 g/mol. The summed E-state index contributed by atoms with van der Waals surface area (Å²) >= 11 is 0. The first-order valence-corrected chi connectivity index (χ1v) is 6.22. The van der Waals surface area contributed by atoms with Gasteiger partial charge in [-0.05, 0) is 31.4 Å². The molecule has 0 saturated carbocycles. The Morgan fingerprint density at radius 2 is 2.05 bits per heavy atom. The Morgan fingerprint density at radius 3 is 2.89 bits per heavy atom. The number of fused-ring (bicyclic) bond motifs is 1. The molecule has 5 heteroatoms. The van der Waals surface area contributed by atoms with Crippen molar-refractivity contribution < 1.29 is 9.47 Å². The zero-order valence-corrected chi connectivity index (χ0v) is 10.7. The Morgan fingerprint density at radius 1 is 1.16 bits per heavy atom. The highest BCUT2D eigenvalue weighted by Gasteiger charge is 2.19. The number of aryl methyl sites for hydroxylation is 1. The monoisotopic (exact) mass is 257 g/mol. The van der Waals surface area contributed by atoms with Crippen LogP contribution in [-0.2, 0) is 12.8 Å². The lowest BCUT2D eigenvalue weighted by molar-refractivity contribution is 0.372. The molecule has 0 saturated heterocycles. The van der Waals surface area contributed by atoms with Gasteiger partial charge in [0.2, 0.25) is 5.88 Å². The molecule has 0 spiro atoms. The molecule has 1 aromatic carbocycles. The number of rotatable bonds is 3. The summed E-state index contributed by atoms with van der Waals surface area (Å²) in [6.45, 7) is 0. The molecule has 3 rings (SSSR count). The van der Waals surface area contributed by atoms with E-state index in [1.165, 1.54) is 6.33 Å². The lowest BCUT2D eigenvalue weighted by Crippen LogP contribution is -1.98. The van der Waals surface area contributed by atoms with Crippen molar-refractivity contribution in [2.45, 2.75) is 19.3 Å². The van der Waals surface area contributed by atoms with E-state index in [2.05, 4.69) is 9.97 Å². The minimum atomic E-state index is 0.579. The van der Waals surface area contributed by atoms with Crippen LogP contribution in [0.15, 0.2) is 24.5 Å². The topological polar surface area (TPSA) is 70.3 Å². The van der Waals surface area contributed by atoms with Gasteiger partial charge in [0.15, 0.2) is 11.5 Å². The normalized spacial score (nSPS) is 13.1. The van der Waals surface area contributed by atoms with Gasteiger partial charge < -0.3 is 15.2 Å². The molecular formula is C14H15N3O2. The van der Waals surface area contributed by atoms with E-state index in [0.717, 1.165) is 30.5 Å². The summed E-state index contributed by atoms with van der Waals surface area (Å²) in [5, 5.41) is 0. The van der Waals surface area contributed by atoms with Gasteiger partial charge in [-0.3, -0.25) is 0 Å². The minimum Gasteiger partial charge on any atom is -0.493 e. The van der Waals surface area contributed by atoms with Crippen LogP contribution >= 0.6 is 0 Å². The van der Waals surface area contributed by atoms with Crippen LogP contribution in [-0.4, -0.2) is 17.1 Å². The van der Waals surface area contributed by atoms with Crippen LogP contribution in [0.25, 0.3) is 0 Å². The number of anilines is 1. The van der Waals surface area contributed by atoms with E-state index in [1.807, 2.05) is 0 Å². The summed E-state index contributed by atoms with van der Waals surface area (Å²) in [5.41, 5.74) is 8.57. The Hall–Kier alpha value is -2.30. The second-order valence-electron chi connectivity index (χ2n) is 4.47. The van der Waals surface area contributed by atoms with Gasteiger partial charge in [-0.1, -0.05) is 0 Å². The Balaban J connectivity index is 1.98. The summed E-state index contributed by atoms with van der Waals surface area (Å²) in [6.07, 6.45) is 4.58. The maximum Gasteiger partial charge on any atom is 0.225 e. The predicted octanol–water partition coefficient (Wildman–Crippen LogP) is 2.35. The Bertz CT molecular complexity index is 614. The highest BCUT2D eigenvalue weighted by atomic mass is 16.5. The Kier molecular flexibility index (Phi) is 2.95. The molecule has 19 heavy (non-hydrogen) atoms. The molecule has 98 valence electrons. The summed E-state index contributed by atoms with van der Waals surface area (Å²) in [7, 11) is 1.60. The van der Waals surface area contributed by atoms with Gasteiger partial charge in [0.25, 0.3) is 0 Å². The van der Waals surface area contributed by atoms with Gasteiger partial charge >= 0.3 is 0 Å². The smallest absolute Gasteiger partial charge is 0.225 e. The van der Waals surface area contributed by atoms with Crippen LogP contribution in [0.1, 0.15) is 17.7 Å². The number of ether oxygens (including phenoxy) is 2. The molecule has 5 nitrogen and oxygen atoms in total. The van der Waals surface area contributed by atoms with Crippen molar-refractivity contribution in [2.24, 2.45) is 0 Å². The van der Waals surface area contributed by atoms with Crippen molar-refractivity contribution >= 4 is 5.69 Å². The minimum absolute atomic E-state index is 0.579. The lowest BCUT2D eigenvalue weighted by Gasteiger charge is -2.12. The van der Waals surface area contributed by atoms with Crippen LogP contribution in [0, 0.1) is 0 Å². The average Bonchev–Trinajstić information content (AvgIpc) is 2.88. The molecule has 1 aromatic heterocycles. The maximum absolute atomic E-state index is 5.87. The van der Waals surface area contributed by atoms with Crippen LogP contribution in [0.3, 0.4) is 0 Å².